The molecule has 0 saturated carbocycles. The lowest BCUT2D eigenvalue weighted by Crippen LogP contribution is -2.31. The Kier molecular flexibility index (Phi) is 4.86. The Morgan fingerprint density at radius 1 is 1.12 bits per heavy atom. The predicted octanol–water partition coefficient (Wildman–Crippen LogP) is 3.21. The van der Waals surface area contributed by atoms with Crippen molar-refractivity contribution in [1.82, 2.24) is 20.1 Å². The number of nitrogens with one attached hydrogen (secondary N) is 2. The molecule has 0 aliphatic carbocycles. The second kappa shape index (κ2) is 7.41. The summed E-state index contributed by atoms with van der Waals surface area (Å²) in [5.74, 6) is 0. The number of hydrogen-bond acceptors (Lipinski definition) is 3. The quantitative estimate of drug-likeness (QED) is 0.758. The summed E-state index contributed by atoms with van der Waals surface area (Å²) in [7, 11) is 0. The molecule has 2 N–H and O–H groups in total. The molecule has 6 heteroatoms. The van der Waals surface area contributed by atoms with Crippen LogP contribution in [0.3, 0.4) is 0 Å². The Hall–Kier alpha value is -3.15. The summed E-state index contributed by atoms with van der Waals surface area (Å²) in [4.78, 5) is 16.1. The van der Waals surface area contributed by atoms with Crippen LogP contribution in [0.4, 0.5) is 10.5 Å². The molecular formula is C18H19N5O. The molecule has 0 saturated heterocycles. The van der Waals surface area contributed by atoms with E-state index in [9.17, 15) is 4.79 Å². The molecule has 1 unspecified atom stereocenters. The van der Waals surface area contributed by atoms with Crippen molar-refractivity contribution in [2.75, 3.05) is 5.32 Å². The maximum absolute atomic E-state index is 12.1. The van der Waals surface area contributed by atoms with Crippen LogP contribution in [0.25, 0.3) is 0 Å². The number of carbonyl (C=O) groups excluding carboxylic acids is 1. The minimum atomic E-state index is -0.237. The number of nitrogens with zero attached hydrogens (tertiary/aromatic N) is 3. The monoisotopic (exact) mass is 321 g/mol. The summed E-state index contributed by atoms with van der Waals surface area (Å²) in [5, 5.41) is 9.92. The molecule has 2 aromatic heterocycles. The van der Waals surface area contributed by atoms with E-state index in [1.807, 2.05) is 60.3 Å². The number of hydrogen-bond donors (Lipinski definition) is 2. The molecule has 1 aromatic carbocycles. The summed E-state index contributed by atoms with van der Waals surface area (Å²) in [6, 6.07) is 13.1. The Bertz CT molecular complexity index is 769. The number of rotatable bonds is 5. The van der Waals surface area contributed by atoms with E-state index in [1.165, 1.54) is 0 Å². The van der Waals surface area contributed by atoms with Crippen molar-refractivity contribution in [3.63, 3.8) is 0 Å². The van der Waals surface area contributed by atoms with E-state index in [2.05, 4.69) is 20.7 Å². The third-order valence-corrected chi connectivity index (χ3v) is 3.67. The first kappa shape index (κ1) is 15.7. The van der Waals surface area contributed by atoms with Crippen molar-refractivity contribution in [1.29, 1.82) is 0 Å². The normalized spacial score (nSPS) is 11.7. The zero-order valence-corrected chi connectivity index (χ0v) is 13.4. The Morgan fingerprint density at radius 2 is 1.88 bits per heavy atom. The lowest BCUT2D eigenvalue weighted by Gasteiger charge is -2.15. The van der Waals surface area contributed by atoms with Gasteiger partial charge in [0.15, 0.2) is 0 Å². The van der Waals surface area contributed by atoms with E-state index in [1.54, 1.807) is 18.6 Å². The van der Waals surface area contributed by atoms with Crippen LogP contribution in [0.2, 0.25) is 0 Å². The number of urea groups is 1. The molecule has 2 amide bonds. The van der Waals surface area contributed by atoms with Gasteiger partial charge in [-0.1, -0.05) is 12.1 Å². The molecule has 0 spiro atoms. The van der Waals surface area contributed by atoms with Crippen LogP contribution < -0.4 is 10.6 Å². The lowest BCUT2D eigenvalue weighted by molar-refractivity contribution is 0.249. The molecular weight excluding hydrogens is 302 g/mol. The molecule has 122 valence electrons. The SMILES string of the molecule is CC(NC(=O)Nc1ccc(Cn2cccn2)cc1)c1ccncc1. The van der Waals surface area contributed by atoms with E-state index >= 15 is 0 Å². The first-order valence-corrected chi connectivity index (χ1v) is 7.74. The van der Waals surface area contributed by atoms with Crippen molar-refractivity contribution < 1.29 is 4.79 Å². The van der Waals surface area contributed by atoms with E-state index in [0.29, 0.717) is 6.54 Å². The zero-order valence-electron chi connectivity index (χ0n) is 13.4. The Morgan fingerprint density at radius 3 is 2.54 bits per heavy atom. The van der Waals surface area contributed by atoms with Crippen molar-refractivity contribution in [2.24, 2.45) is 0 Å². The average Bonchev–Trinajstić information content (AvgIpc) is 3.10. The van der Waals surface area contributed by atoms with Crippen LogP contribution in [0.15, 0.2) is 67.3 Å². The van der Waals surface area contributed by atoms with Gasteiger partial charge < -0.3 is 10.6 Å². The van der Waals surface area contributed by atoms with E-state index in [4.69, 9.17) is 0 Å². The summed E-state index contributed by atoms with van der Waals surface area (Å²) in [6.45, 7) is 2.64. The van der Waals surface area contributed by atoms with Crippen LogP contribution in [0.5, 0.6) is 0 Å². The number of benzene rings is 1. The van der Waals surface area contributed by atoms with Crippen molar-refractivity contribution >= 4 is 11.7 Å². The van der Waals surface area contributed by atoms with Crippen molar-refractivity contribution in [3.05, 3.63) is 78.4 Å². The summed E-state index contributed by atoms with van der Waals surface area (Å²) in [6.07, 6.45) is 7.10. The highest BCUT2D eigenvalue weighted by atomic mass is 16.2. The fourth-order valence-corrected chi connectivity index (χ4v) is 2.37. The number of aromatic nitrogens is 3. The summed E-state index contributed by atoms with van der Waals surface area (Å²) < 4.78 is 1.85. The highest BCUT2D eigenvalue weighted by molar-refractivity contribution is 5.89. The van der Waals surface area contributed by atoms with Gasteiger partial charge in [-0.3, -0.25) is 9.67 Å². The van der Waals surface area contributed by atoms with Crippen LogP contribution in [-0.2, 0) is 6.54 Å². The van der Waals surface area contributed by atoms with Crippen LogP contribution >= 0.6 is 0 Å². The molecule has 1 atom stereocenters. The van der Waals surface area contributed by atoms with Gasteiger partial charge in [0.1, 0.15) is 0 Å². The van der Waals surface area contributed by atoms with Crippen LogP contribution in [-0.4, -0.2) is 20.8 Å². The van der Waals surface area contributed by atoms with Gasteiger partial charge in [-0.2, -0.15) is 5.10 Å². The molecule has 24 heavy (non-hydrogen) atoms. The van der Waals surface area contributed by atoms with Crippen molar-refractivity contribution in [2.45, 2.75) is 19.5 Å². The molecule has 0 radical (unpaired) electrons. The van der Waals surface area contributed by atoms with E-state index in [-0.39, 0.29) is 12.1 Å². The molecule has 0 aliphatic heterocycles. The molecule has 2 heterocycles. The second-order valence-corrected chi connectivity index (χ2v) is 5.50. The lowest BCUT2D eigenvalue weighted by atomic mass is 10.1. The zero-order chi connectivity index (χ0) is 16.8. The largest absolute Gasteiger partial charge is 0.331 e. The number of carbonyl (C=O) groups is 1. The number of amides is 2. The molecule has 3 rings (SSSR count). The standard InChI is InChI=1S/C18H19N5O/c1-14(16-7-10-19-11-8-16)21-18(24)22-17-5-3-15(4-6-17)13-23-12-2-9-20-23/h2-12,14H,13H2,1H3,(H2,21,22,24). The minimum Gasteiger partial charge on any atom is -0.331 e. The second-order valence-electron chi connectivity index (χ2n) is 5.50. The molecule has 0 aliphatic rings. The van der Waals surface area contributed by atoms with Gasteiger partial charge in [-0.25, -0.2) is 4.79 Å². The van der Waals surface area contributed by atoms with Crippen LogP contribution in [0.1, 0.15) is 24.1 Å². The Labute approximate surface area is 140 Å². The first-order chi connectivity index (χ1) is 11.7. The summed E-state index contributed by atoms with van der Waals surface area (Å²) >= 11 is 0. The average molecular weight is 321 g/mol. The highest BCUT2D eigenvalue weighted by Crippen LogP contribution is 2.13. The van der Waals surface area contributed by atoms with Gasteiger partial charge in [0.2, 0.25) is 0 Å². The minimum absolute atomic E-state index is 0.0907. The molecule has 0 bridgehead atoms. The smallest absolute Gasteiger partial charge is 0.319 e. The first-order valence-electron chi connectivity index (χ1n) is 7.74. The fourth-order valence-electron chi connectivity index (χ4n) is 2.37. The van der Waals surface area contributed by atoms with Crippen molar-refractivity contribution in [3.8, 4) is 0 Å². The number of pyridine rings is 1. The van der Waals surface area contributed by atoms with Gasteiger partial charge >= 0.3 is 6.03 Å². The molecule has 3 aromatic rings. The fraction of sp³-hybridized carbons (Fsp3) is 0.167. The van der Waals surface area contributed by atoms with Gasteiger partial charge in [0.05, 0.1) is 12.6 Å². The van der Waals surface area contributed by atoms with Gasteiger partial charge in [0.25, 0.3) is 0 Å². The van der Waals surface area contributed by atoms with E-state index in [0.717, 1.165) is 16.8 Å². The topological polar surface area (TPSA) is 71.8 Å². The maximum atomic E-state index is 12.1. The van der Waals surface area contributed by atoms with Gasteiger partial charge in [0, 0.05) is 30.5 Å². The third kappa shape index (κ3) is 4.19. The maximum Gasteiger partial charge on any atom is 0.319 e. The van der Waals surface area contributed by atoms with Gasteiger partial charge in [-0.15, -0.1) is 0 Å². The van der Waals surface area contributed by atoms with E-state index < -0.39 is 0 Å². The molecule has 6 nitrogen and oxygen atoms in total. The Balaban J connectivity index is 1.54. The van der Waals surface area contributed by atoms with Gasteiger partial charge in [-0.05, 0) is 48.4 Å². The third-order valence-electron chi connectivity index (χ3n) is 3.67. The predicted molar refractivity (Wildman–Crippen MR) is 92.6 cm³/mol. The molecule has 0 fully saturated rings. The summed E-state index contributed by atoms with van der Waals surface area (Å²) in [5.41, 5.74) is 2.88. The highest BCUT2D eigenvalue weighted by Gasteiger charge is 2.09. The number of anilines is 1. The van der Waals surface area contributed by atoms with Crippen LogP contribution in [0, 0.1) is 0 Å².